The van der Waals surface area contributed by atoms with Crippen molar-refractivity contribution in [2.75, 3.05) is 5.32 Å². The van der Waals surface area contributed by atoms with E-state index in [4.69, 9.17) is 5.26 Å². The summed E-state index contributed by atoms with van der Waals surface area (Å²) in [6.07, 6.45) is 1.92. The van der Waals surface area contributed by atoms with E-state index >= 15 is 0 Å². The van der Waals surface area contributed by atoms with Crippen LogP contribution in [0.15, 0.2) is 41.3 Å². The van der Waals surface area contributed by atoms with E-state index in [9.17, 15) is 4.79 Å². The summed E-state index contributed by atoms with van der Waals surface area (Å²) >= 11 is 0. The first-order chi connectivity index (χ1) is 9.67. The van der Waals surface area contributed by atoms with E-state index in [1.165, 1.54) is 6.07 Å². The molecule has 0 aliphatic carbocycles. The number of rotatable bonds is 2. The van der Waals surface area contributed by atoms with E-state index in [0.29, 0.717) is 5.82 Å². The van der Waals surface area contributed by atoms with Gasteiger partial charge in [0.25, 0.3) is 0 Å². The monoisotopic (exact) mass is 265 g/mol. The number of benzene rings is 1. The van der Waals surface area contributed by atoms with Gasteiger partial charge in [-0.1, -0.05) is 18.2 Å². The van der Waals surface area contributed by atoms with E-state index in [2.05, 4.69) is 15.3 Å². The van der Waals surface area contributed by atoms with Crippen LogP contribution in [0.3, 0.4) is 0 Å². The molecule has 0 saturated carbocycles. The van der Waals surface area contributed by atoms with E-state index in [0.717, 1.165) is 16.6 Å². The molecule has 98 valence electrons. The number of H-pyrrole nitrogens is 1. The molecule has 2 heterocycles. The number of para-hydroxylation sites is 1. The summed E-state index contributed by atoms with van der Waals surface area (Å²) in [4.78, 5) is 17.5. The van der Waals surface area contributed by atoms with E-state index in [1.807, 2.05) is 48.1 Å². The molecule has 0 radical (unpaired) electrons. The van der Waals surface area contributed by atoms with Gasteiger partial charge in [0, 0.05) is 30.2 Å². The number of nitrogens with zero attached hydrogens (tertiary/aromatic N) is 3. The van der Waals surface area contributed by atoms with Crippen molar-refractivity contribution < 1.29 is 0 Å². The van der Waals surface area contributed by atoms with Gasteiger partial charge in [-0.25, -0.2) is 4.79 Å². The lowest BCUT2D eigenvalue weighted by Crippen LogP contribution is -2.13. The van der Waals surface area contributed by atoms with Gasteiger partial charge < -0.3 is 9.88 Å². The van der Waals surface area contributed by atoms with Crippen LogP contribution in [0.4, 0.5) is 11.5 Å². The molecule has 3 rings (SSSR count). The highest BCUT2D eigenvalue weighted by Gasteiger charge is 2.07. The summed E-state index contributed by atoms with van der Waals surface area (Å²) in [6, 6.07) is 11.3. The first-order valence-electron chi connectivity index (χ1n) is 6.00. The first kappa shape index (κ1) is 12.0. The van der Waals surface area contributed by atoms with Crippen molar-refractivity contribution in [3.63, 3.8) is 0 Å². The highest BCUT2D eigenvalue weighted by Crippen LogP contribution is 2.26. The van der Waals surface area contributed by atoms with Crippen LogP contribution in [0.1, 0.15) is 5.69 Å². The number of nitrogens with one attached hydrogen (secondary N) is 2. The Hall–Kier alpha value is -3.07. The van der Waals surface area contributed by atoms with Gasteiger partial charge in [-0.05, 0) is 6.07 Å². The van der Waals surface area contributed by atoms with Gasteiger partial charge in [0.1, 0.15) is 17.6 Å². The molecule has 0 fully saturated rings. The average Bonchev–Trinajstić information content (AvgIpc) is 2.75. The molecule has 2 N–H and O–H groups in total. The molecule has 0 amide bonds. The quantitative estimate of drug-likeness (QED) is 0.740. The van der Waals surface area contributed by atoms with Crippen LogP contribution in [0.25, 0.3) is 10.9 Å². The maximum Gasteiger partial charge on any atom is 0.347 e. The minimum Gasteiger partial charge on any atom is -0.348 e. The molecule has 3 aromatic rings. The molecule has 0 unspecified atom stereocenters. The third kappa shape index (κ3) is 2.01. The molecule has 0 atom stereocenters. The minimum absolute atomic E-state index is 0.174. The highest BCUT2D eigenvalue weighted by molar-refractivity contribution is 5.94. The second kappa shape index (κ2) is 4.55. The van der Waals surface area contributed by atoms with Crippen LogP contribution in [0.2, 0.25) is 0 Å². The zero-order valence-electron chi connectivity index (χ0n) is 10.7. The molecule has 6 heteroatoms. The van der Waals surface area contributed by atoms with Crippen LogP contribution >= 0.6 is 0 Å². The molecule has 0 aliphatic rings. The number of aryl methyl sites for hydroxylation is 1. The molecule has 0 bridgehead atoms. The summed E-state index contributed by atoms with van der Waals surface area (Å²) in [5.41, 5.74) is 1.53. The third-order valence-electron chi connectivity index (χ3n) is 3.02. The summed E-state index contributed by atoms with van der Waals surface area (Å²) < 4.78 is 1.98. The zero-order chi connectivity index (χ0) is 14.1. The summed E-state index contributed by atoms with van der Waals surface area (Å²) in [6.45, 7) is 0. The Balaban J connectivity index is 2.08. The molecule has 1 aromatic carbocycles. The normalized spacial score (nSPS) is 10.4. The Morgan fingerprint density at radius 1 is 1.40 bits per heavy atom. The molecular weight excluding hydrogens is 254 g/mol. The van der Waals surface area contributed by atoms with Crippen LogP contribution in [-0.2, 0) is 7.05 Å². The second-order valence-electron chi connectivity index (χ2n) is 4.39. The molecule has 2 aromatic heterocycles. The average molecular weight is 265 g/mol. The highest BCUT2D eigenvalue weighted by atomic mass is 16.1. The third-order valence-corrected chi connectivity index (χ3v) is 3.02. The van der Waals surface area contributed by atoms with E-state index < -0.39 is 5.69 Å². The fourth-order valence-electron chi connectivity index (χ4n) is 2.16. The standard InChI is InChI=1S/C14H11N5O/c1-19-8-11(10-4-2-3-5-12(10)19)17-13-6-9(7-15)16-14(20)18-13/h2-6,8H,1H3,(H2,16,17,18,20). The largest absolute Gasteiger partial charge is 0.348 e. The van der Waals surface area contributed by atoms with E-state index in [-0.39, 0.29) is 5.69 Å². The van der Waals surface area contributed by atoms with Crippen molar-refractivity contribution in [2.24, 2.45) is 7.05 Å². The number of aromatic nitrogens is 3. The molecule has 0 saturated heterocycles. The van der Waals surface area contributed by atoms with Gasteiger partial charge in [-0.2, -0.15) is 10.2 Å². The summed E-state index contributed by atoms with van der Waals surface area (Å²) in [5.74, 6) is 0.349. The fourth-order valence-corrected chi connectivity index (χ4v) is 2.16. The smallest absolute Gasteiger partial charge is 0.347 e. The van der Waals surface area contributed by atoms with Crippen molar-refractivity contribution in [2.45, 2.75) is 0 Å². The summed E-state index contributed by atoms with van der Waals surface area (Å²) in [5, 5.41) is 13.0. The number of nitriles is 1. The van der Waals surface area contributed by atoms with Crippen molar-refractivity contribution >= 4 is 22.4 Å². The van der Waals surface area contributed by atoms with Crippen LogP contribution in [-0.4, -0.2) is 14.5 Å². The Morgan fingerprint density at radius 2 is 2.20 bits per heavy atom. The van der Waals surface area contributed by atoms with Gasteiger partial charge in [0.15, 0.2) is 0 Å². The lowest BCUT2D eigenvalue weighted by atomic mass is 10.2. The Labute approximate surface area is 114 Å². The number of hydrogen-bond donors (Lipinski definition) is 2. The van der Waals surface area contributed by atoms with Gasteiger partial charge in [0.2, 0.25) is 0 Å². The zero-order valence-corrected chi connectivity index (χ0v) is 10.7. The van der Waals surface area contributed by atoms with Gasteiger partial charge in [-0.3, -0.25) is 4.98 Å². The summed E-state index contributed by atoms with van der Waals surface area (Å²) in [7, 11) is 1.94. The second-order valence-corrected chi connectivity index (χ2v) is 4.39. The van der Waals surface area contributed by atoms with Crippen molar-refractivity contribution in [1.82, 2.24) is 14.5 Å². The first-order valence-corrected chi connectivity index (χ1v) is 6.00. The SMILES string of the molecule is Cn1cc(Nc2cc(C#N)[nH]c(=O)n2)c2ccccc21. The maximum absolute atomic E-state index is 11.4. The fraction of sp³-hybridized carbons (Fsp3) is 0.0714. The number of aromatic amines is 1. The Bertz CT molecular complexity index is 884. The number of hydrogen-bond acceptors (Lipinski definition) is 4. The predicted octanol–water partition coefficient (Wildman–Crippen LogP) is 1.88. The van der Waals surface area contributed by atoms with Crippen molar-refractivity contribution in [1.29, 1.82) is 5.26 Å². The van der Waals surface area contributed by atoms with Gasteiger partial charge >= 0.3 is 5.69 Å². The lowest BCUT2D eigenvalue weighted by molar-refractivity contribution is 0.969. The van der Waals surface area contributed by atoms with E-state index in [1.54, 1.807) is 0 Å². The van der Waals surface area contributed by atoms with Crippen LogP contribution in [0.5, 0.6) is 0 Å². The van der Waals surface area contributed by atoms with Crippen LogP contribution < -0.4 is 11.0 Å². The molecule has 0 aliphatic heterocycles. The van der Waals surface area contributed by atoms with Gasteiger partial charge in [-0.15, -0.1) is 0 Å². The Kier molecular flexibility index (Phi) is 2.73. The Morgan fingerprint density at radius 3 is 3.00 bits per heavy atom. The number of fused-ring (bicyclic) bond motifs is 1. The van der Waals surface area contributed by atoms with Crippen molar-refractivity contribution in [3.05, 3.63) is 52.7 Å². The molecule has 20 heavy (non-hydrogen) atoms. The van der Waals surface area contributed by atoms with Crippen LogP contribution in [0, 0.1) is 11.3 Å². The lowest BCUT2D eigenvalue weighted by Gasteiger charge is -2.03. The molecular formula is C14H11N5O. The number of anilines is 2. The minimum atomic E-state index is -0.549. The predicted molar refractivity (Wildman–Crippen MR) is 75.8 cm³/mol. The van der Waals surface area contributed by atoms with Gasteiger partial charge in [0.05, 0.1) is 5.69 Å². The van der Waals surface area contributed by atoms with Crippen molar-refractivity contribution in [3.8, 4) is 6.07 Å². The molecule has 0 spiro atoms. The topological polar surface area (TPSA) is 86.5 Å². The maximum atomic E-state index is 11.4. The molecule has 6 nitrogen and oxygen atoms in total.